The van der Waals surface area contributed by atoms with Gasteiger partial charge in [-0.15, -0.1) is 0 Å². The Labute approximate surface area is 144 Å². The highest BCUT2D eigenvalue weighted by Gasteiger charge is 2.21. The molecule has 0 spiro atoms. The number of nitrogens with zero attached hydrogens (tertiary/aromatic N) is 1. The second kappa shape index (κ2) is 7.27. The zero-order valence-electron chi connectivity index (χ0n) is 11.2. The van der Waals surface area contributed by atoms with E-state index in [1.54, 1.807) is 0 Å². The molecule has 1 fully saturated rings. The van der Waals surface area contributed by atoms with E-state index in [1.165, 1.54) is 6.42 Å². The number of benzene rings is 1. The summed E-state index contributed by atoms with van der Waals surface area (Å²) in [6.07, 6.45) is 2.28. The highest BCUT2D eigenvalue weighted by Crippen LogP contribution is 2.36. The number of rotatable bonds is 3. The third-order valence-corrected chi connectivity index (χ3v) is 4.95. The number of carbonyl (C=O) groups excluding carboxylic acids is 1. The Hall–Kier alpha value is -0.0700. The van der Waals surface area contributed by atoms with E-state index < -0.39 is 0 Å². The van der Waals surface area contributed by atoms with Crippen LogP contribution in [0, 0.1) is 5.92 Å². The van der Waals surface area contributed by atoms with Gasteiger partial charge in [-0.05, 0) is 62.8 Å². The molecule has 1 amide bonds. The van der Waals surface area contributed by atoms with Crippen molar-refractivity contribution in [1.82, 2.24) is 4.90 Å². The van der Waals surface area contributed by atoms with Crippen molar-refractivity contribution in [3.8, 4) is 5.75 Å². The minimum Gasteiger partial charge on any atom is -0.481 e. The molecule has 110 valence electrons. The van der Waals surface area contributed by atoms with E-state index in [2.05, 4.69) is 54.7 Å². The summed E-state index contributed by atoms with van der Waals surface area (Å²) >= 11 is 10.3. The van der Waals surface area contributed by atoms with Crippen molar-refractivity contribution >= 4 is 53.7 Å². The standard InChI is InChI=1S/C14H16Br3NO2/c1-9-3-2-4-18(7-9)13(19)8-20-14-11(16)5-10(15)6-12(14)17/h5-6,9H,2-4,7-8H2,1H3/t9-/m0/s1. The summed E-state index contributed by atoms with van der Waals surface area (Å²) in [4.78, 5) is 14.1. The Morgan fingerprint density at radius 3 is 2.60 bits per heavy atom. The van der Waals surface area contributed by atoms with Gasteiger partial charge in [0.2, 0.25) is 0 Å². The predicted octanol–water partition coefficient (Wildman–Crippen LogP) is 4.61. The molecule has 2 rings (SSSR count). The molecule has 0 bridgehead atoms. The Morgan fingerprint density at radius 2 is 2.00 bits per heavy atom. The molecule has 0 aliphatic carbocycles. The summed E-state index contributed by atoms with van der Waals surface area (Å²) in [5.41, 5.74) is 0. The predicted molar refractivity (Wildman–Crippen MR) is 90.0 cm³/mol. The van der Waals surface area contributed by atoms with Crippen LogP contribution in [0.3, 0.4) is 0 Å². The highest BCUT2D eigenvalue weighted by atomic mass is 79.9. The van der Waals surface area contributed by atoms with Gasteiger partial charge in [0.25, 0.3) is 5.91 Å². The lowest BCUT2D eigenvalue weighted by atomic mass is 10.0. The van der Waals surface area contributed by atoms with Crippen molar-refractivity contribution in [2.75, 3.05) is 19.7 Å². The average molecular weight is 470 g/mol. The molecule has 20 heavy (non-hydrogen) atoms. The lowest BCUT2D eigenvalue weighted by Gasteiger charge is -2.30. The maximum atomic E-state index is 12.2. The number of piperidine rings is 1. The molecule has 1 aliphatic rings. The van der Waals surface area contributed by atoms with Crippen LogP contribution in [0.1, 0.15) is 19.8 Å². The van der Waals surface area contributed by atoms with Crippen LogP contribution >= 0.6 is 47.8 Å². The molecule has 0 unspecified atom stereocenters. The maximum Gasteiger partial charge on any atom is 0.260 e. The molecule has 0 aromatic heterocycles. The number of amides is 1. The summed E-state index contributed by atoms with van der Waals surface area (Å²) in [5, 5.41) is 0. The van der Waals surface area contributed by atoms with Crippen LogP contribution in [0.2, 0.25) is 0 Å². The Morgan fingerprint density at radius 1 is 1.35 bits per heavy atom. The quantitative estimate of drug-likeness (QED) is 0.647. The first-order valence-corrected chi connectivity index (χ1v) is 8.90. The fourth-order valence-corrected chi connectivity index (χ4v) is 4.80. The number of likely N-dealkylation sites (tertiary alicyclic amines) is 1. The monoisotopic (exact) mass is 467 g/mol. The first-order chi connectivity index (χ1) is 9.47. The smallest absolute Gasteiger partial charge is 0.260 e. The van der Waals surface area contributed by atoms with Gasteiger partial charge < -0.3 is 9.64 Å². The third kappa shape index (κ3) is 4.21. The summed E-state index contributed by atoms with van der Waals surface area (Å²) in [6, 6.07) is 3.79. The minimum atomic E-state index is 0.0540. The Balaban J connectivity index is 1.96. The van der Waals surface area contributed by atoms with Gasteiger partial charge in [-0.2, -0.15) is 0 Å². The largest absolute Gasteiger partial charge is 0.481 e. The third-order valence-electron chi connectivity index (χ3n) is 3.31. The molecule has 0 radical (unpaired) electrons. The Kier molecular flexibility index (Phi) is 5.93. The van der Waals surface area contributed by atoms with Crippen LogP contribution < -0.4 is 4.74 Å². The van der Waals surface area contributed by atoms with E-state index in [0.29, 0.717) is 11.7 Å². The van der Waals surface area contributed by atoms with Crippen LogP contribution in [0.25, 0.3) is 0 Å². The van der Waals surface area contributed by atoms with E-state index in [1.807, 2.05) is 17.0 Å². The van der Waals surface area contributed by atoms with Gasteiger partial charge in [-0.1, -0.05) is 22.9 Å². The molecule has 1 aromatic carbocycles. The summed E-state index contributed by atoms with van der Waals surface area (Å²) in [6.45, 7) is 3.94. The molecule has 1 saturated heterocycles. The van der Waals surface area contributed by atoms with Crippen molar-refractivity contribution in [1.29, 1.82) is 0 Å². The molecule has 0 saturated carbocycles. The van der Waals surface area contributed by atoms with Crippen molar-refractivity contribution in [3.05, 3.63) is 25.6 Å². The second-order valence-corrected chi connectivity index (χ2v) is 7.70. The summed E-state index contributed by atoms with van der Waals surface area (Å²) in [5.74, 6) is 1.30. The van der Waals surface area contributed by atoms with E-state index in [4.69, 9.17) is 4.74 Å². The maximum absolute atomic E-state index is 12.2. The van der Waals surface area contributed by atoms with Gasteiger partial charge >= 0.3 is 0 Å². The molecule has 1 atom stereocenters. The molecular formula is C14H16Br3NO2. The van der Waals surface area contributed by atoms with Gasteiger partial charge in [0.05, 0.1) is 8.95 Å². The number of halogens is 3. The first-order valence-electron chi connectivity index (χ1n) is 6.52. The topological polar surface area (TPSA) is 29.5 Å². The zero-order chi connectivity index (χ0) is 14.7. The van der Waals surface area contributed by atoms with Crippen LogP contribution in [-0.4, -0.2) is 30.5 Å². The van der Waals surface area contributed by atoms with Crippen molar-refractivity contribution in [2.45, 2.75) is 19.8 Å². The van der Waals surface area contributed by atoms with Crippen molar-refractivity contribution < 1.29 is 9.53 Å². The van der Waals surface area contributed by atoms with E-state index in [0.717, 1.165) is 32.9 Å². The fourth-order valence-electron chi connectivity index (χ4n) is 2.31. The SMILES string of the molecule is C[C@H]1CCCN(C(=O)COc2c(Br)cc(Br)cc2Br)C1. The van der Waals surface area contributed by atoms with Gasteiger partial charge in [-0.25, -0.2) is 0 Å². The molecule has 1 aliphatic heterocycles. The molecule has 6 heteroatoms. The van der Waals surface area contributed by atoms with Gasteiger partial charge in [0.15, 0.2) is 6.61 Å². The van der Waals surface area contributed by atoms with Crippen molar-refractivity contribution in [3.63, 3.8) is 0 Å². The molecule has 1 heterocycles. The number of hydrogen-bond acceptors (Lipinski definition) is 2. The molecule has 1 aromatic rings. The molecule has 0 N–H and O–H groups in total. The van der Waals surface area contributed by atoms with E-state index >= 15 is 0 Å². The van der Waals surface area contributed by atoms with Crippen LogP contribution in [0.15, 0.2) is 25.6 Å². The minimum absolute atomic E-state index is 0.0540. The number of hydrogen-bond donors (Lipinski definition) is 0. The van der Waals surface area contributed by atoms with Gasteiger partial charge in [0, 0.05) is 17.6 Å². The summed E-state index contributed by atoms with van der Waals surface area (Å²) < 4.78 is 8.25. The Bertz CT molecular complexity index is 484. The lowest BCUT2D eigenvalue weighted by molar-refractivity contribution is -0.135. The van der Waals surface area contributed by atoms with Crippen LogP contribution in [0.4, 0.5) is 0 Å². The zero-order valence-corrected chi connectivity index (χ0v) is 15.9. The lowest BCUT2D eigenvalue weighted by Crippen LogP contribution is -2.41. The van der Waals surface area contributed by atoms with E-state index in [9.17, 15) is 4.79 Å². The number of ether oxygens (including phenoxy) is 1. The normalized spacial score (nSPS) is 19.0. The van der Waals surface area contributed by atoms with E-state index in [-0.39, 0.29) is 12.5 Å². The molecular weight excluding hydrogens is 454 g/mol. The van der Waals surface area contributed by atoms with Crippen molar-refractivity contribution in [2.24, 2.45) is 5.92 Å². The van der Waals surface area contributed by atoms with Crippen LogP contribution in [0.5, 0.6) is 5.75 Å². The number of carbonyl (C=O) groups is 1. The molecule has 3 nitrogen and oxygen atoms in total. The second-order valence-electron chi connectivity index (χ2n) is 5.07. The van der Waals surface area contributed by atoms with Gasteiger partial charge in [0.1, 0.15) is 5.75 Å². The van der Waals surface area contributed by atoms with Crippen LogP contribution in [-0.2, 0) is 4.79 Å². The highest BCUT2D eigenvalue weighted by molar-refractivity contribution is 9.11. The average Bonchev–Trinajstić information content (AvgIpc) is 2.37. The van der Waals surface area contributed by atoms with Gasteiger partial charge in [-0.3, -0.25) is 4.79 Å². The first kappa shape index (κ1) is 16.3. The summed E-state index contributed by atoms with van der Waals surface area (Å²) in [7, 11) is 0. The fraction of sp³-hybridized carbons (Fsp3) is 0.500.